The number of hydrogen-bond acceptors (Lipinski definition) is 5. The molecule has 0 bridgehead atoms. The Balaban J connectivity index is 1.52. The highest BCUT2D eigenvalue weighted by Crippen LogP contribution is 2.40. The first-order chi connectivity index (χ1) is 13.0. The monoisotopic (exact) mass is 362 g/mol. The fourth-order valence-electron chi connectivity index (χ4n) is 3.73. The van der Waals surface area contributed by atoms with Crippen molar-refractivity contribution >= 4 is 22.8 Å². The predicted octanol–water partition coefficient (Wildman–Crippen LogP) is 3.69. The number of rotatable bonds is 3. The van der Waals surface area contributed by atoms with Gasteiger partial charge in [0.2, 0.25) is 5.71 Å². The molecule has 0 atom stereocenters. The quantitative estimate of drug-likeness (QED) is 0.769. The highest BCUT2D eigenvalue weighted by Gasteiger charge is 2.38. The van der Waals surface area contributed by atoms with Gasteiger partial charge in [-0.15, -0.1) is 0 Å². The van der Waals surface area contributed by atoms with Gasteiger partial charge >= 0.3 is 0 Å². The number of aromatic nitrogens is 2. The Kier molecular flexibility index (Phi) is 3.50. The third kappa shape index (κ3) is 2.85. The van der Waals surface area contributed by atoms with Crippen LogP contribution in [0.4, 0.5) is 5.82 Å². The highest BCUT2D eigenvalue weighted by atomic mass is 16.3. The Morgan fingerprint density at radius 3 is 2.78 bits per heavy atom. The number of anilines is 1. The summed E-state index contributed by atoms with van der Waals surface area (Å²) in [5.74, 6) is 1.31. The molecule has 1 aliphatic heterocycles. The molecule has 2 aliphatic rings. The van der Waals surface area contributed by atoms with E-state index in [-0.39, 0.29) is 11.4 Å². The Morgan fingerprint density at radius 2 is 2.00 bits per heavy atom. The van der Waals surface area contributed by atoms with E-state index in [1.165, 1.54) is 17.4 Å². The van der Waals surface area contributed by atoms with E-state index in [4.69, 9.17) is 4.42 Å². The Bertz CT molecular complexity index is 1050. The average Bonchev–Trinajstić information content (AvgIpc) is 3.23. The van der Waals surface area contributed by atoms with Gasteiger partial charge in [-0.3, -0.25) is 4.79 Å². The molecule has 3 aromatic rings. The summed E-state index contributed by atoms with van der Waals surface area (Å²) < 4.78 is 5.65. The SMILES string of the molecule is Cc1nc(NC2(C)CC2)c2c(C(=O)N3CCc4ccccc4C3)coc2n1. The zero-order valence-corrected chi connectivity index (χ0v) is 15.6. The van der Waals surface area contributed by atoms with Crippen LogP contribution in [0.5, 0.6) is 0 Å². The smallest absolute Gasteiger partial charge is 0.258 e. The number of nitrogens with one attached hydrogen (secondary N) is 1. The lowest BCUT2D eigenvalue weighted by atomic mass is 9.99. The first kappa shape index (κ1) is 16.3. The van der Waals surface area contributed by atoms with E-state index in [2.05, 4.69) is 40.4 Å². The molecule has 6 heteroatoms. The van der Waals surface area contributed by atoms with Crippen molar-refractivity contribution < 1.29 is 9.21 Å². The molecule has 27 heavy (non-hydrogen) atoms. The maximum Gasteiger partial charge on any atom is 0.258 e. The van der Waals surface area contributed by atoms with Crippen molar-refractivity contribution in [2.45, 2.75) is 45.2 Å². The second-order valence-corrected chi connectivity index (χ2v) is 7.88. The molecule has 0 saturated heterocycles. The number of fused-ring (bicyclic) bond motifs is 2. The number of aryl methyl sites for hydroxylation is 1. The van der Waals surface area contributed by atoms with Crippen LogP contribution in [0.15, 0.2) is 34.9 Å². The second-order valence-electron chi connectivity index (χ2n) is 7.88. The molecular formula is C21H22N4O2. The zero-order valence-electron chi connectivity index (χ0n) is 15.6. The van der Waals surface area contributed by atoms with Gasteiger partial charge in [0, 0.05) is 18.6 Å². The first-order valence-corrected chi connectivity index (χ1v) is 9.42. The van der Waals surface area contributed by atoms with Crippen LogP contribution >= 0.6 is 0 Å². The van der Waals surface area contributed by atoms with Crippen molar-refractivity contribution in [2.75, 3.05) is 11.9 Å². The van der Waals surface area contributed by atoms with Crippen LogP contribution in [0.1, 0.15) is 47.1 Å². The Morgan fingerprint density at radius 1 is 1.22 bits per heavy atom. The number of benzene rings is 1. The van der Waals surface area contributed by atoms with E-state index in [9.17, 15) is 4.79 Å². The van der Waals surface area contributed by atoms with Gasteiger partial charge in [-0.2, -0.15) is 4.98 Å². The zero-order chi connectivity index (χ0) is 18.6. The summed E-state index contributed by atoms with van der Waals surface area (Å²) in [7, 11) is 0. The minimum atomic E-state index is -0.0280. The van der Waals surface area contributed by atoms with E-state index in [1.54, 1.807) is 0 Å². The van der Waals surface area contributed by atoms with Gasteiger partial charge in [0.15, 0.2) is 0 Å². The van der Waals surface area contributed by atoms with E-state index in [1.807, 2.05) is 17.9 Å². The highest BCUT2D eigenvalue weighted by molar-refractivity contribution is 6.09. The number of hydrogen-bond donors (Lipinski definition) is 1. The van der Waals surface area contributed by atoms with Crippen molar-refractivity contribution in [3.8, 4) is 0 Å². The van der Waals surface area contributed by atoms with E-state index in [0.29, 0.717) is 41.4 Å². The Hall–Kier alpha value is -2.89. The summed E-state index contributed by atoms with van der Waals surface area (Å²) in [6.45, 7) is 5.33. The molecule has 0 unspecified atom stereocenters. The molecular weight excluding hydrogens is 340 g/mol. The lowest BCUT2D eigenvalue weighted by Crippen LogP contribution is -2.35. The van der Waals surface area contributed by atoms with E-state index < -0.39 is 0 Å². The van der Waals surface area contributed by atoms with Gasteiger partial charge in [-0.1, -0.05) is 24.3 Å². The van der Waals surface area contributed by atoms with Gasteiger partial charge in [-0.25, -0.2) is 4.98 Å². The maximum atomic E-state index is 13.3. The number of carbonyl (C=O) groups is 1. The molecule has 1 aromatic carbocycles. The summed E-state index contributed by atoms with van der Waals surface area (Å²) in [4.78, 5) is 24.1. The largest absolute Gasteiger partial charge is 0.445 e. The molecule has 138 valence electrons. The molecule has 1 N–H and O–H groups in total. The molecule has 0 spiro atoms. The predicted molar refractivity (Wildman–Crippen MR) is 103 cm³/mol. The Labute approximate surface area is 157 Å². The van der Waals surface area contributed by atoms with Crippen LogP contribution in [0.2, 0.25) is 0 Å². The van der Waals surface area contributed by atoms with Crippen LogP contribution < -0.4 is 5.32 Å². The molecule has 5 rings (SSSR count). The molecule has 6 nitrogen and oxygen atoms in total. The topological polar surface area (TPSA) is 71.3 Å². The van der Waals surface area contributed by atoms with Gasteiger partial charge in [0.25, 0.3) is 5.91 Å². The summed E-state index contributed by atoms with van der Waals surface area (Å²) in [5, 5.41) is 4.19. The van der Waals surface area contributed by atoms with Crippen LogP contribution in [0.3, 0.4) is 0 Å². The van der Waals surface area contributed by atoms with E-state index >= 15 is 0 Å². The van der Waals surface area contributed by atoms with Gasteiger partial charge in [0.1, 0.15) is 17.9 Å². The van der Waals surface area contributed by atoms with Crippen molar-refractivity contribution in [1.82, 2.24) is 14.9 Å². The maximum absolute atomic E-state index is 13.3. The third-order valence-electron chi connectivity index (χ3n) is 5.61. The van der Waals surface area contributed by atoms with Crippen LogP contribution in [0, 0.1) is 6.92 Å². The number of furan rings is 1. The lowest BCUT2D eigenvalue weighted by Gasteiger charge is -2.28. The van der Waals surface area contributed by atoms with Crippen molar-refractivity contribution in [2.24, 2.45) is 0 Å². The minimum absolute atomic E-state index is 0.0280. The van der Waals surface area contributed by atoms with E-state index in [0.717, 1.165) is 19.3 Å². The molecule has 0 radical (unpaired) electrons. The summed E-state index contributed by atoms with van der Waals surface area (Å²) in [6.07, 6.45) is 4.60. The number of amides is 1. The van der Waals surface area contributed by atoms with Gasteiger partial charge < -0.3 is 14.6 Å². The molecule has 1 saturated carbocycles. The standard InChI is InChI=1S/C21H22N4O2/c1-13-22-18(24-21(2)8-9-21)17-16(12-27-19(17)23-13)20(26)25-10-7-14-5-3-4-6-15(14)11-25/h3-6,12H,7-11H2,1-2H3,(H,22,23,24). The first-order valence-electron chi connectivity index (χ1n) is 9.42. The van der Waals surface area contributed by atoms with Crippen molar-refractivity contribution in [1.29, 1.82) is 0 Å². The molecule has 1 fully saturated rings. The van der Waals surface area contributed by atoms with Gasteiger partial charge in [-0.05, 0) is 44.2 Å². The molecule has 2 aromatic heterocycles. The van der Waals surface area contributed by atoms with Gasteiger partial charge in [0.05, 0.1) is 10.9 Å². The number of nitrogens with zero attached hydrogens (tertiary/aromatic N) is 3. The normalized spacial score (nSPS) is 17.6. The second kappa shape index (κ2) is 5.81. The average molecular weight is 362 g/mol. The fraction of sp³-hybridized carbons (Fsp3) is 0.381. The van der Waals surface area contributed by atoms with Crippen molar-refractivity contribution in [3.63, 3.8) is 0 Å². The third-order valence-corrected chi connectivity index (χ3v) is 5.61. The fourth-order valence-corrected chi connectivity index (χ4v) is 3.73. The van der Waals surface area contributed by atoms with Crippen LogP contribution in [-0.4, -0.2) is 32.9 Å². The summed E-state index contributed by atoms with van der Waals surface area (Å²) in [5.41, 5.74) is 3.59. The molecule has 3 heterocycles. The lowest BCUT2D eigenvalue weighted by molar-refractivity contribution is 0.0735. The minimum Gasteiger partial charge on any atom is -0.445 e. The summed E-state index contributed by atoms with van der Waals surface area (Å²) in [6, 6.07) is 8.31. The van der Waals surface area contributed by atoms with Crippen LogP contribution in [0.25, 0.3) is 11.1 Å². The molecule has 1 amide bonds. The summed E-state index contributed by atoms with van der Waals surface area (Å²) >= 11 is 0. The van der Waals surface area contributed by atoms with Crippen LogP contribution in [-0.2, 0) is 13.0 Å². The molecule has 1 aliphatic carbocycles. The number of carbonyl (C=O) groups excluding carboxylic acids is 1. The van der Waals surface area contributed by atoms with Crippen molar-refractivity contribution in [3.05, 3.63) is 53.0 Å².